The number of hydrogen-bond acceptors (Lipinski definition) is 4. The van der Waals surface area contributed by atoms with Crippen molar-refractivity contribution in [3.05, 3.63) is 28.5 Å². The lowest BCUT2D eigenvalue weighted by Crippen LogP contribution is -2.44. The number of alkyl halides is 2. The van der Waals surface area contributed by atoms with Crippen LogP contribution in [0.25, 0.3) is 0 Å². The predicted octanol–water partition coefficient (Wildman–Crippen LogP) is 3.04. The van der Waals surface area contributed by atoms with E-state index in [-0.39, 0.29) is 22.6 Å². The molecule has 1 aromatic heterocycles. The number of carbonyl (C=O) groups is 1. The van der Waals surface area contributed by atoms with Gasteiger partial charge in [-0.2, -0.15) is 8.78 Å². The third-order valence-electron chi connectivity index (χ3n) is 3.55. The fraction of sp³-hybridized carbons (Fsp3) is 0.533. The summed E-state index contributed by atoms with van der Waals surface area (Å²) < 4.78 is 29.2. The average molecular weight is 330 g/mol. The summed E-state index contributed by atoms with van der Waals surface area (Å²) in [4.78, 5) is 15.5. The first kappa shape index (κ1) is 16.9. The Bertz CT molecular complexity index is 526. The van der Waals surface area contributed by atoms with Crippen molar-refractivity contribution in [3.8, 4) is 5.75 Å². The Labute approximate surface area is 132 Å². The summed E-state index contributed by atoms with van der Waals surface area (Å²) >= 11 is 1.17. The molecular weight excluding hydrogens is 310 g/mol. The standard InChI is InChI=1S/C15H20F2N2O2S/c1-3-6-19-7-4-11(5-8-19)18-14(20)13-12(21-15(16)17)9-10(2)22-13/h3,9,11,15H,1,4-8H2,2H3,(H,18,20). The summed E-state index contributed by atoms with van der Waals surface area (Å²) in [5, 5.41) is 2.92. The molecule has 1 aromatic rings. The quantitative estimate of drug-likeness (QED) is 0.815. The van der Waals surface area contributed by atoms with Crippen LogP contribution in [0.1, 0.15) is 27.4 Å². The first-order valence-corrected chi connectivity index (χ1v) is 8.00. The highest BCUT2D eigenvalue weighted by atomic mass is 32.1. The zero-order chi connectivity index (χ0) is 16.1. The lowest BCUT2D eigenvalue weighted by molar-refractivity contribution is -0.0498. The number of likely N-dealkylation sites (tertiary alicyclic amines) is 1. The first-order valence-electron chi connectivity index (χ1n) is 7.19. The van der Waals surface area contributed by atoms with Crippen molar-refractivity contribution < 1.29 is 18.3 Å². The third-order valence-corrected chi connectivity index (χ3v) is 4.58. The number of thiophene rings is 1. The molecule has 0 bridgehead atoms. The molecule has 1 fully saturated rings. The van der Waals surface area contributed by atoms with Gasteiger partial charge in [-0.3, -0.25) is 9.69 Å². The SMILES string of the molecule is C=CCN1CCC(NC(=O)c2sc(C)cc2OC(F)F)CC1. The van der Waals surface area contributed by atoms with Crippen LogP contribution in [0.5, 0.6) is 5.75 Å². The molecule has 1 N–H and O–H groups in total. The van der Waals surface area contributed by atoms with Crippen LogP contribution >= 0.6 is 11.3 Å². The molecule has 0 aliphatic carbocycles. The van der Waals surface area contributed by atoms with E-state index in [1.807, 2.05) is 6.08 Å². The van der Waals surface area contributed by atoms with Crippen LogP contribution in [0, 0.1) is 6.92 Å². The molecule has 0 saturated carbocycles. The molecule has 1 amide bonds. The average Bonchev–Trinajstić information content (AvgIpc) is 2.81. The normalized spacial score (nSPS) is 16.7. The highest BCUT2D eigenvalue weighted by molar-refractivity contribution is 7.14. The second-order valence-corrected chi connectivity index (χ2v) is 6.52. The van der Waals surface area contributed by atoms with E-state index < -0.39 is 6.61 Å². The summed E-state index contributed by atoms with van der Waals surface area (Å²) in [6, 6.07) is 1.54. The van der Waals surface area contributed by atoms with Crippen LogP contribution in [-0.2, 0) is 0 Å². The lowest BCUT2D eigenvalue weighted by atomic mass is 10.0. The molecule has 7 heteroatoms. The van der Waals surface area contributed by atoms with Crippen molar-refractivity contribution in [1.29, 1.82) is 0 Å². The Morgan fingerprint density at radius 2 is 2.27 bits per heavy atom. The maximum Gasteiger partial charge on any atom is 0.387 e. The summed E-state index contributed by atoms with van der Waals surface area (Å²) in [5.41, 5.74) is 0. The van der Waals surface area contributed by atoms with Gasteiger partial charge in [-0.25, -0.2) is 0 Å². The number of amides is 1. The topological polar surface area (TPSA) is 41.6 Å². The van der Waals surface area contributed by atoms with E-state index in [2.05, 4.69) is 21.5 Å². The molecule has 4 nitrogen and oxygen atoms in total. The zero-order valence-corrected chi connectivity index (χ0v) is 13.3. The van der Waals surface area contributed by atoms with Crippen molar-refractivity contribution in [2.45, 2.75) is 32.4 Å². The zero-order valence-electron chi connectivity index (χ0n) is 12.5. The van der Waals surface area contributed by atoms with Gasteiger partial charge in [-0.05, 0) is 25.8 Å². The van der Waals surface area contributed by atoms with Gasteiger partial charge in [0.1, 0.15) is 10.6 Å². The number of hydrogen-bond donors (Lipinski definition) is 1. The summed E-state index contributed by atoms with van der Waals surface area (Å²) in [6.07, 6.45) is 3.55. The summed E-state index contributed by atoms with van der Waals surface area (Å²) in [7, 11) is 0. The van der Waals surface area contributed by atoms with Gasteiger partial charge in [0.25, 0.3) is 5.91 Å². The Morgan fingerprint density at radius 3 is 2.86 bits per heavy atom. The largest absolute Gasteiger partial charge is 0.433 e. The van der Waals surface area contributed by atoms with E-state index in [0.29, 0.717) is 0 Å². The van der Waals surface area contributed by atoms with E-state index in [0.717, 1.165) is 37.4 Å². The van der Waals surface area contributed by atoms with E-state index in [1.165, 1.54) is 17.4 Å². The number of halogens is 2. The molecule has 2 heterocycles. The molecule has 1 saturated heterocycles. The second-order valence-electron chi connectivity index (χ2n) is 5.27. The molecule has 2 rings (SSSR count). The number of aryl methyl sites for hydroxylation is 1. The van der Waals surface area contributed by atoms with Gasteiger partial charge in [0.2, 0.25) is 0 Å². The molecular formula is C15H20F2N2O2S. The summed E-state index contributed by atoms with van der Waals surface area (Å²) in [6.45, 7) is 5.17. The Kier molecular flexibility index (Phi) is 5.90. The molecule has 122 valence electrons. The van der Waals surface area contributed by atoms with Gasteiger partial charge in [-0.1, -0.05) is 6.08 Å². The molecule has 0 atom stereocenters. The Hall–Kier alpha value is -1.47. The molecule has 22 heavy (non-hydrogen) atoms. The Morgan fingerprint density at radius 1 is 1.59 bits per heavy atom. The maximum atomic E-state index is 12.4. The van der Waals surface area contributed by atoms with Crippen molar-refractivity contribution in [3.63, 3.8) is 0 Å². The highest BCUT2D eigenvalue weighted by Crippen LogP contribution is 2.30. The minimum absolute atomic E-state index is 0.0425. The smallest absolute Gasteiger partial charge is 0.387 e. The van der Waals surface area contributed by atoms with Crippen LogP contribution in [0.4, 0.5) is 8.78 Å². The van der Waals surface area contributed by atoms with Crippen LogP contribution in [-0.4, -0.2) is 43.1 Å². The highest BCUT2D eigenvalue weighted by Gasteiger charge is 2.24. The number of rotatable bonds is 6. The van der Waals surface area contributed by atoms with E-state index in [1.54, 1.807) is 6.92 Å². The van der Waals surface area contributed by atoms with Gasteiger partial charge < -0.3 is 10.1 Å². The fourth-order valence-electron chi connectivity index (χ4n) is 2.53. The van der Waals surface area contributed by atoms with Crippen LogP contribution in [0.15, 0.2) is 18.7 Å². The third kappa shape index (κ3) is 4.51. The number of ether oxygens (including phenoxy) is 1. The second kappa shape index (κ2) is 7.69. The van der Waals surface area contributed by atoms with Crippen LogP contribution in [0.2, 0.25) is 0 Å². The predicted molar refractivity (Wildman–Crippen MR) is 82.8 cm³/mol. The van der Waals surface area contributed by atoms with E-state index >= 15 is 0 Å². The van der Waals surface area contributed by atoms with Gasteiger partial charge in [0.15, 0.2) is 0 Å². The Balaban J connectivity index is 1.94. The number of nitrogens with zero attached hydrogens (tertiary/aromatic N) is 1. The monoisotopic (exact) mass is 330 g/mol. The molecule has 0 radical (unpaired) electrons. The minimum Gasteiger partial charge on any atom is -0.433 e. The van der Waals surface area contributed by atoms with Gasteiger partial charge in [0.05, 0.1) is 0 Å². The van der Waals surface area contributed by atoms with E-state index in [4.69, 9.17) is 0 Å². The maximum absolute atomic E-state index is 12.4. The van der Waals surface area contributed by atoms with Crippen molar-refractivity contribution >= 4 is 17.2 Å². The molecule has 0 unspecified atom stereocenters. The van der Waals surface area contributed by atoms with Gasteiger partial charge >= 0.3 is 6.61 Å². The number of carbonyl (C=O) groups excluding carboxylic acids is 1. The van der Waals surface area contributed by atoms with E-state index in [9.17, 15) is 13.6 Å². The minimum atomic E-state index is -2.93. The molecule has 0 spiro atoms. The van der Waals surface area contributed by atoms with Gasteiger partial charge in [-0.15, -0.1) is 17.9 Å². The van der Waals surface area contributed by atoms with Crippen molar-refractivity contribution in [2.75, 3.05) is 19.6 Å². The molecule has 1 aliphatic rings. The van der Waals surface area contributed by atoms with Crippen LogP contribution in [0.3, 0.4) is 0 Å². The summed E-state index contributed by atoms with van der Waals surface area (Å²) in [5.74, 6) is -0.380. The number of piperidine rings is 1. The van der Waals surface area contributed by atoms with Gasteiger partial charge in [0, 0.05) is 30.6 Å². The molecule has 0 aromatic carbocycles. The lowest BCUT2D eigenvalue weighted by Gasteiger charge is -2.31. The van der Waals surface area contributed by atoms with Crippen molar-refractivity contribution in [2.24, 2.45) is 0 Å². The number of nitrogens with one attached hydrogen (secondary N) is 1. The fourth-order valence-corrected chi connectivity index (χ4v) is 3.37. The first-order chi connectivity index (χ1) is 10.5. The molecule has 1 aliphatic heterocycles. The van der Waals surface area contributed by atoms with Crippen LogP contribution < -0.4 is 10.1 Å². The van der Waals surface area contributed by atoms with Crippen molar-refractivity contribution in [1.82, 2.24) is 10.2 Å².